The molecule has 3 heterocycles. The zero-order valence-electron chi connectivity index (χ0n) is 10.3. The Morgan fingerprint density at radius 2 is 2.05 bits per heavy atom. The Morgan fingerprint density at radius 3 is 2.79 bits per heavy atom. The van der Waals surface area contributed by atoms with Gasteiger partial charge in [-0.25, -0.2) is 0 Å². The molecule has 7 heteroatoms. The average molecular weight is 276 g/mol. The van der Waals surface area contributed by atoms with Crippen molar-refractivity contribution in [3.8, 4) is 11.4 Å². The molecule has 0 unspecified atom stereocenters. The number of hydrogen-bond acceptors (Lipinski definition) is 4. The summed E-state index contributed by atoms with van der Waals surface area (Å²) < 4.78 is 1.56. The molecule has 0 atom stereocenters. The lowest BCUT2D eigenvalue weighted by atomic mass is 10.2. The van der Waals surface area contributed by atoms with Crippen LogP contribution in [0.1, 0.15) is 11.1 Å². The van der Waals surface area contributed by atoms with Crippen molar-refractivity contribution in [3.05, 3.63) is 45.0 Å². The lowest BCUT2D eigenvalue weighted by Crippen LogP contribution is -2.05. The van der Waals surface area contributed by atoms with Gasteiger partial charge in [-0.15, -0.1) is 10.2 Å². The second-order valence-electron chi connectivity index (χ2n) is 4.24. The summed E-state index contributed by atoms with van der Waals surface area (Å²) in [5.74, 6) is 0.492. The van der Waals surface area contributed by atoms with E-state index < -0.39 is 0 Å². The number of fused-ring (bicyclic) bond motifs is 1. The van der Waals surface area contributed by atoms with Crippen LogP contribution >= 0.6 is 11.6 Å². The van der Waals surface area contributed by atoms with Gasteiger partial charge in [0.15, 0.2) is 16.6 Å². The molecule has 0 saturated heterocycles. The van der Waals surface area contributed by atoms with Crippen molar-refractivity contribution in [3.63, 3.8) is 0 Å². The summed E-state index contributed by atoms with van der Waals surface area (Å²) in [6.07, 6.45) is 1.56. The number of nitrogens with one attached hydrogen (secondary N) is 1. The molecule has 0 aromatic carbocycles. The zero-order chi connectivity index (χ0) is 13.6. The fourth-order valence-corrected chi connectivity index (χ4v) is 2.07. The number of hydrogen-bond donors (Lipinski definition) is 1. The molecule has 3 aromatic rings. The van der Waals surface area contributed by atoms with Gasteiger partial charge in [0.1, 0.15) is 0 Å². The Bertz CT molecular complexity index is 836. The van der Waals surface area contributed by atoms with Gasteiger partial charge in [0.25, 0.3) is 0 Å². The topological polar surface area (TPSA) is 75.9 Å². The summed E-state index contributed by atoms with van der Waals surface area (Å²) in [5.41, 5.74) is 2.87. The molecule has 0 spiro atoms. The van der Waals surface area contributed by atoms with E-state index in [4.69, 9.17) is 11.6 Å². The molecule has 96 valence electrons. The number of halogens is 1. The molecule has 3 rings (SSSR count). The molecule has 0 aliphatic carbocycles. The SMILES string of the molecule is Cc1c(Cl)nn2c(-c3cc[nH]c(=O)c3)nnc2c1C. The molecule has 6 nitrogen and oxygen atoms in total. The molecular formula is C12H10ClN5O. The van der Waals surface area contributed by atoms with Gasteiger partial charge >= 0.3 is 0 Å². The van der Waals surface area contributed by atoms with Crippen LogP contribution in [0.25, 0.3) is 17.0 Å². The van der Waals surface area contributed by atoms with E-state index in [2.05, 4.69) is 20.3 Å². The number of rotatable bonds is 1. The minimum Gasteiger partial charge on any atom is -0.329 e. The summed E-state index contributed by atoms with van der Waals surface area (Å²) in [5, 5.41) is 12.8. The molecule has 0 fully saturated rings. The molecule has 0 amide bonds. The Morgan fingerprint density at radius 1 is 1.26 bits per heavy atom. The van der Waals surface area contributed by atoms with Crippen molar-refractivity contribution < 1.29 is 0 Å². The summed E-state index contributed by atoms with van der Waals surface area (Å²) in [6, 6.07) is 3.18. The molecule has 0 aliphatic rings. The van der Waals surface area contributed by atoms with Crippen LogP contribution in [0.2, 0.25) is 5.15 Å². The Labute approximate surface area is 113 Å². The second-order valence-corrected chi connectivity index (χ2v) is 4.60. The highest BCUT2D eigenvalue weighted by atomic mass is 35.5. The van der Waals surface area contributed by atoms with Gasteiger partial charge < -0.3 is 4.98 Å². The standard InChI is InChI=1S/C12H10ClN5O/c1-6-7(2)11-15-16-12(18(11)17-10(6)13)8-3-4-14-9(19)5-8/h3-5H,1-2H3,(H,14,19). The summed E-state index contributed by atoms with van der Waals surface area (Å²) in [4.78, 5) is 13.9. The van der Waals surface area contributed by atoms with Crippen LogP contribution in [0.5, 0.6) is 0 Å². The quantitative estimate of drug-likeness (QED) is 0.734. The van der Waals surface area contributed by atoms with Gasteiger partial charge in [-0.05, 0) is 25.5 Å². The highest BCUT2D eigenvalue weighted by Crippen LogP contribution is 2.22. The van der Waals surface area contributed by atoms with Crippen LogP contribution in [0.4, 0.5) is 0 Å². The van der Waals surface area contributed by atoms with E-state index in [1.165, 1.54) is 6.07 Å². The fourth-order valence-electron chi connectivity index (χ4n) is 1.86. The van der Waals surface area contributed by atoms with Gasteiger partial charge in [-0.3, -0.25) is 4.79 Å². The number of nitrogens with zero attached hydrogens (tertiary/aromatic N) is 4. The van der Waals surface area contributed by atoms with Crippen molar-refractivity contribution in [2.24, 2.45) is 0 Å². The van der Waals surface area contributed by atoms with E-state index in [0.717, 1.165) is 11.1 Å². The molecule has 0 radical (unpaired) electrons. The molecule has 0 bridgehead atoms. The first-order valence-corrected chi connectivity index (χ1v) is 6.03. The Hall–Kier alpha value is -2.21. The molecule has 3 aromatic heterocycles. The number of aromatic amines is 1. The first-order chi connectivity index (χ1) is 9.08. The van der Waals surface area contributed by atoms with E-state index >= 15 is 0 Å². The second kappa shape index (κ2) is 4.17. The lowest BCUT2D eigenvalue weighted by Gasteiger charge is -2.04. The van der Waals surface area contributed by atoms with Gasteiger partial charge in [0.05, 0.1) is 0 Å². The fraction of sp³-hybridized carbons (Fsp3) is 0.167. The van der Waals surface area contributed by atoms with Crippen LogP contribution in [0.15, 0.2) is 23.1 Å². The number of H-pyrrole nitrogens is 1. The maximum absolute atomic E-state index is 11.4. The summed E-state index contributed by atoms with van der Waals surface area (Å²) in [7, 11) is 0. The molecule has 0 aliphatic heterocycles. The highest BCUT2D eigenvalue weighted by molar-refractivity contribution is 6.30. The normalized spacial score (nSPS) is 11.1. The van der Waals surface area contributed by atoms with Gasteiger partial charge in [-0.2, -0.15) is 9.61 Å². The zero-order valence-corrected chi connectivity index (χ0v) is 11.1. The predicted octanol–water partition coefficient (Wildman–Crippen LogP) is 1.75. The molecule has 1 N–H and O–H groups in total. The number of aryl methyl sites for hydroxylation is 1. The molecule has 19 heavy (non-hydrogen) atoms. The average Bonchev–Trinajstić information content (AvgIpc) is 2.80. The van der Waals surface area contributed by atoms with Crippen LogP contribution < -0.4 is 5.56 Å². The number of aromatic nitrogens is 5. The van der Waals surface area contributed by atoms with Crippen LogP contribution in [0, 0.1) is 13.8 Å². The van der Waals surface area contributed by atoms with Crippen molar-refractivity contribution in [1.29, 1.82) is 0 Å². The third-order valence-electron chi connectivity index (χ3n) is 3.07. The minimum atomic E-state index is -0.204. The summed E-state index contributed by atoms with van der Waals surface area (Å²) in [6.45, 7) is 3.79. The highest BCUT2D eigenvalue weighted by Gasteiger charge is 2.14. The first kappa shape index (κ1) is 11.9. The Balaban J connectivity index is 2.35. The van der Waals surface area contributed by atoms with E-state index in [1.807, 2.05) is 13.8 Å². The van der Waals surface area contributed by atoms with E-state index in [-0.39, 0.29) is 5.56 Å². The molecular weight excluding hydrogens is 266 g/mol. The lowest BCUT2D eigenvalue weighted by molar-refractivity contribution is 0.918. The van der Waals surface area contributed by atoms with Crippen LogP contribution in [0.3, 0.4) is 0 Å². The van der Waals surface area contributed by atoms with Gasteiger partial charge in [0, 0.05) is 23.4 Å². The van der Waals surface area contributed by atoms with E-state index in [1.54, 1.807) is 16.8 Å². The Kier molecular flexibility index (Phi) is 2.60. The van der Waals surface area contributed by atoms with Crippen molar-refractivity contribution in [2.45, 2.75) is 13.8 Å². The predicted molar refractivity (Wildman–Crippen MR) is 71.3 cm³/mol. The maximum Gasteiger partial charge on any atom is 0.248 e. The largest absolute Gasteiger partial charge is 0.329 e. The monoisotopic (exact) mass is 275 g/mol. The first-order valence-electron chi connectivity index (χ1n) is 5.65. The third kappa shape index (κ3) is 1.80. The van der Waals surface area contributed by atoms with Crippen LogP contribution in [-0.4, -0.2) is 24.8 Å². The third-order valence-corrected chi connectivity index (χ3v) is 3.43. The van der Waals surface area contributed by atoms with Crippen molar-refractivity contribution in [1.82, 2.24) is 24.8 Å². The van der Waals surface area contributed by atoms with Gasteiger partial charge in [0.2, 0.25) is 5.56 Å². The molecule has 0 saturated carbocycles. The van der Waals surface area contributed by atoms with Crippen LogP contribution in [-0.2, 0) is 0 Å². The maximum atomic E-state index is 11.4. The van der Waals surface area contributed by atoms with E-state index in [0.29, 0.717) is 22.2 Å². The van der Waals surface area contributed by atoms with E-state index in [9.17, 15) is 4.79 Å². The summed E-state index contributed by atoms with van der Waals surface area (Å²) >= 11 is 6.09. The smallest absolute Gasteiger partial charge is 0.248 e. The van der Waals surface area contributed by atoms with Crippen molar-refractivity contribution in [2.75, 3.05) is 0 Å². The minimum absolute atomic E-state index is 0.204. The van der Waals surface area contributed by atoms with Crippen molar-refractivity contribution >= 4 is 17.2 Å². The number of pyridine rings is 1. The van der Waals surface area contributed by atoms with Gasteiger partial charge in [-0.1, -0.05) is 11.6 Å².